The Hall–Kier alpha value is -1.43. The van der Waals surface area contributed by atoms with E-state index in [1.807, 2.05) is 16.4 Å². The number of hydrogen-bond donors (Lipinski definition) is 1. The number of fused-ring (bicyclic) bond motifs is 1. The van der Waals surface area contributed by atoms with E-state index >= 15 is 0 Å². The second-order valence-corrected chi connectivity index (χ2v) is 4.18. The summed E-state index contributed by atoms with van der Waals surface area (Å²) in [6, 6.07) is 0. The summed E-state index contributed by atoms with van der Waals surface area (Å²) in [4.78, 5) is 13.9. The van der Waals surface area contributed by atoms with Crippen molar-refractivity contribution in [2.75, 3.05) is 13.1 Å². The average Bonchev–Trinajstić information content (AvgIpc) is 2.75. The maximum atomic E-state index is 12.0. The van der Waals surface area contributed by atoms with Gasteiger partial charge in [-0.05, 0) is 13.0 Å². The van der Waals surface area contributed by atoms with Gasteiger partial charge in [-0.15, -0.1) is 10.2 Å². The summed E-state index contributed by atoms with van der Waals surface area (Å²) in [5.74, 6) is 1.03. The summed E-state index contributed by atoms with van der Waals surface area (Å²) in [6.45, 7) is 4.56. The van der Waals surface area contributed by atoms with Crippen LogP contribution in [0, 0.1) is 5.92 Å². The maximum absolute atomic E-state index is 12.0. The van der Waals surface area contributed by atoms with E-state index in [9.17, 15) is 4.79 Å². The fourth-order valence-corrected chi connectivity index (χ4v) is 1.94. The van der Waals surface area contributed by atoms with Crippen LogP contribution in [0.4, 0.5) is 0 Å². The third kappa shape index (κ3) is 2.06. The van der Waals surface area contributed by atoms with Crippen molar-refractivity contribution >= 4 is 5.91 Å². The van der Waals surface area contributed by atoms with Crippen LogP contribution < -0.4 is 5.73 Å². The van der Waals surface area contributed by atoms with Gasteiger partial charge in [0.05, 0.1) is 6.54 Å². The first-order chi connectivity index (χ1) is 7.72. The Morgan fingerprint density at radius 3 is 3.19 bits per heavy atom. The minimum absolute atomic E-state index is 0.000489. The molecule has 88 valence electrons. The van der Waals surface area contributed by atoms with Gasteiger partial charge in [-0.25, -0.2) is 0 Å². The topological polar surface area (TPSA) is 77.0 Å². The summed E-state index contributed by atoms with van der Waals surface area (Å²) in [5.41, 5.74) is 5.46. The number of hydrogen-bond acceptors (Lipinski definition) is 4. The van der Waals surface area contributed by atoms with Gasteiger partial charge in [-0.3, -0.25) is 4.79 Å². The molecule has 0 radical (unpaired) electrons. The van der Waals surface area contributed by atoms with E-state index in [4.69, 9.17) is 5.73 Å². The van der Waals surface area contributed by atoms with E-state index in [-0.39, 0.29) is 11.8 Å². The lowest BCUT2D eigenvalue weighted by molar-refractivity contribution is -0.136. The molecule has 0 bridgehead atoms. The Bertz CT molecular complexity index is 375. The number of nitrogens with zero attached hydrogens (tertiary/aromatic N) is 4. The Balaban J connectivity index is 2.00. The van der Waals surface area contributed by atoms with E-state index in [1.165, 1.54) is 0 Å². The number of aromatic nitrogens is 3. The molecule has 1 aliphatic rings. The number of nitrogens with two attached hydrogens (primary N) is 1. The second kappa shape index (κ2) is 4.61. The van der Waals surface area contributed by atoms with Crippen LogP contribution in [0.3, 0.4) is 0 Å². The van der Waals surface area contributed by atoms with Crippen LogP contribution >= 0.6 is 0 Å². The van der Waals surface area contributed by atoms with Gasteiger partial charge >= 0.3 is 0 Å². The van der Waals surface area contributed by atoms with E-state index in [2.05, 4.69) is 10.2 Å². The van der Waals surface area contributed by atoms with Gasteiger partial charge in [0, 0.05) is 19.0 Å². The summed E-state index contributed by atoms with van der Waals surface area (Å²) in [6.07, 6.45) is 2.45. The molecule has 1 unspecified atom stereocenters. The molecule has 0 aliphatic carbocycles. The molecule has 2 N–H and O–H groups in total. The molecular formula is C10H17N5O. The van der Waals surface area contributed by atoms with Crippen LogP contribution in [0.2, 0.25) is 0 Å². The first-order valence-electron chi connectivity index (χ1n) is 5.58. The first kappa shape index (κ1) is 11.1. The van der Waals surface area contributed by atoms with Crippen LogP contribution in [0.5, 0.6) is 0 Å². The minimum atomic E-state index is -0.000489. The van der Waals surface area contributed by atoms with Gasteiger partial charge in [-0.1, -0.05) is 6.92 Å². The molecule has 1 aromatic heterocycles. The second-order valence-electron chi connectivity index (χ2n) is 4.18. The van der Waals surface area contributed by atoms with Gasteiger partial charge in [0.15, 0.2) is 5.82 Å². The highest BCUT2D eigenvalue weighted by Gasteiger charge is 2.24. The SMILES string of the molecule is CC(CCN)C(=O)N1CCn2cnnc2C1. The molecule has 2 rings (SSSR count). The van der Waals surface area contributed by atoms with Gasteiger partial charge in [0.2, 0.25) is 5.91 Å². The zero-order chi connectivity index (χ0) is 11.5. The van der Waals surface area contributed by atoms with E-state index in [1.54, 1.807) is 6.33 Å². The molecule has 1 aliphatic heterocycles. The molecule has 6 nitrogen and oxygen atoms in total. The lowest BCUT2D eigenvalue weighted by atomic mass is 10.1. The average molecular weight is 223 g/mol. The van der Waals surface area contributed by atoms with E-state index in [0.717, 1.165) is 25.3 Å². The maximum Gasteiger partial charge on any atom is 0.225 e. The highest BCUT2D eigenvalue weighted by Crippen LogP contribution is 2.13. The Morgan fingerprint density at radius 2 is 2.44 bits per heavy atom. The molecule has 0 spiro atoms. The van der Waals surface area contributed by atoms with Gasteiger partial charge in [0.25, 0.3) is 0 Å². The minimum Gasteiger partial charge on any atom is -0.333 e. The van der Waals surface area contributed by atoms with Crippen LogP contribution in [0.1, 0.15) is 19.2 Å². The van der Waals surface area contributed by atoms with Crippen molar-refractivity contribution in [1.29, 1.82) is 0 Å². The first-order valence-corrected chi connectivity index (χ1v) is 5.58. The standard InChI is InChI=1S/C10H17N5O/c1-8(2-3-11)10(16)14-4-5-15-7-12-13-9(15)6-14/h7-8H,2-6,11H2,1H3. The van der Waals surface area contributed by atoms with Crippen molar-refractivity contribution in [2.24, 2.45) is 11.7 Å². The smallest absolute Gasteiger partial charge is 0.225 e. The number of carbonyl (C=O) groups is 1. The molecule has 0 saturated carbocycles. The van der Waals surface area contributed by atoms with Crippen LogP contribution in [-0.4, -0.2) is 38.7 Å². The van der Waals surface area contributed by atoms with Crippen LogP contribution in [0.15, 0.2) is 6.33 Å². The highest BCUT2D eigenvalue weighted by atomic mass is 16.2. The molecule has 0 fully saturated rings. The van der Waals surface area contributed by atoms with Crippen molar-refractivity contribution < 1.29 is 4.79 Å². The van der Waals surface area contributed by atoms with Crippen molar-refractivity contribution in [2.45, 2.75) is 26.4 Å². The summed E-state index contributed by atoms with van der Waals surface area (Å²) >= 11 is 0. The molecule has 16 heavy (non-hydrogen) atoms. The number of carbonyl (C=O) groups excluding carboxylic acids is 1. The quantitative estimate of drug-likeness (QED) is 0.756. The normalized spacial score (nSPS) is 17.0. The highest BCUT2D eigenvalue weighted by molar-refractivity contribution is 5.78. The predicted octanol–water partition coefficient (Wildman–Crippen LogP) is -0.395. The van der Waals surface area contributed by atoms with Crippen molar-refractivity contribution in [3.05, 3.63) is 12.2 Å². The summed E-state index contributed by atoms with van der Waals surface area (Å²) in [7, 11) is 0. The molecule has 0 saturated heterocycles. The predicted molar refractivity (Wildman–Crippen MR) is 58.3 cm³/mol. The summed E-state index contributed by atoms with van der Waals surface area (Å²) < 4.78 is 1.98. The zero-order valence-electron chi connectivity index (χ0n) is 9.46. The molecule has 1 atom stereocenters. The Morgan fingerprint density at radius 1 is 1.62 bits per heavy atom. The summed E-state index contributed by atoms with van der Waals surface area (Å²) in [5, 5.41) is 7.82. The van der Waals surface area contributed by atoms with Crippen LogP contribution in [0.25, 0.3) is 0 Å². The number of rotatable bonds is 3. The van der Waals surface area contributed by atoms with Crippen molar-refractivity contribution in [3.63, 3.8) is 0 Å². The molecule has 2 heterocycles. The molecule has 0 aromatic carbocycles. The molecule has 1 aromatic rings. The molecular weight excluding hydrogens is 206 g/mol. The van der Waals surface area contributed by atoms with Crippen molar-refractivity contribution in [1.82, 2.24) is 19.7 Å². The largest absolute Gasteiger partial charge is 0.333 e. The fraction of sp³-hybridized carbons (Fsp3) is 0.700. The van der Waals surface area contributed by atoms with Gasteiger partial charge < -0.3 is 15.2 Å². The van der Waals surface area contributed by atoms with Crippen LogP contribution in [-0.2, 0) is 17.9 Å². The van der Waals surface area contributed by atoms with Gasteiger partial charge in [-0.2, -0.15) is 0 Å². The lowest BCUT2D eigenvalue weighted by Gasteiger charge is -2.29. The lowest BCUT2D eigenvalue weighted by Crippen LogP contribution is -2.41. The fourth-order valence-electron chi connectivity index (χ4n) is 1.94. The Labute approximate surface area is 94.4 Å². The zero-order valence-corrected chi connectivity index (χ0v) is 9.46. The monoisotopic (exact) mass is 223 g/mol. The third-order valence-corrected chi connectivity index (χ3v) is 2.97. The third-order valence-electron chi connectivity index (χ3n) is 2.97. The van der Waals surface area contributed by atoms with E-state index in [0.29, 0.717) is 13.1 Å². The van der Waals surface area contributed by atoms with Crippen molar-refractivity contribution in [3.8, 4) is 0 Å². The number of amides is 1. The van der Waals surface area contributed by atoms with Gasteiger partial charge in [0.1, 0.15) is 6.33 Å². The molecule has 6 heteroatoms. The van der Waals surface area contributed by atoms with E-state index < -0.39 is 0 Å². The molecule has 1 amide bonds. The Kier molecular flexibility index (Phi) is 3.19.